The van der Waals surface area contributed by atoms with Crippen LogP contribution >= 0.6 is 0 Å². The lowest BCUT2D eigenvalue weighted by Gasteiger charge is -2.01. The van der Waals surface area contributed by atoms with Crippen LogP contribution in [0.25, 0.3) is 0 Å². The van der Waals surface area contributed by atoms with E-state index in [0.717, 1.165) is 0 Å². The van der Waals surface area contributed by atoms with Gasteiger partial charge in [0.1, 0.15) is 0 Å². The maximum atomic E-state index is 10.6. The predicted molar refractivity (Wildman–Crippen MR) is 41.1 cm³/mol. The maximum absolute atomic E-state index is 10.6. The zero-order valence-electron chi connectivity index (χ0n) is 7.05. The molecule has 0 aromatic carbocycles. The Kier molecular flexibility index (Phi) is 4.52. The van der Waals surface area contributed by atoms with E-state index in [-0.39, 0.29) is 5.57 Å². The van der Waals surface area contributed by atoms with Gasteiger partial charge in [-0.05, 0) is 13.8 Å². The van der Waals surface area contributed by atoms with E-state index in [9.17, 15) is 9.59 Å². The van der Waals surface area contributed by atoms with Crippen molar-refractivity contribution in [2.75, 3.05) is 6.54 Å². The molecule has 0 radical (unpaired) electrons. The van der Waals surface area contributed by atoms with Crippen LogP contribution in [0, 0.1) is 0 Å². The summed E-state index contributed by atoms with van der Waals surface area (Å²) in [5.41, 5.74) is 0.166. The van der Waals surface area contributed by atoms with Crippen LogP contribution in [0.2, 0.25) is 0 Å². The van der Waals surface area contributed by atoms with E-state index in [1.54, 1.807) is 6.92 Å². The number of carbonyl (C=O) groups is 2. The van der Waals surface area contributed by atoms with Crippen molar-refractivity contribution in [1.29, 1.82) is 0 Å². The van der Waals surface area contributed by atoms with E-state index in [4.69, 9.17) is 0 Å². The second-order valence-electron chi connectivity index (χ2n) is 2.05. The van der Waals surface area contributed by atoms with Gasteiger partial charge in [-0.25, -0.2) is 19.4 Å². The molecule has 0 atom stereocenters. The lowest BCUT2D eigenvalue weighted by Crippen LogP contribution is -2.25. The molecule has 5 heteroatoms. The highest BCUT2D eigenvalue weighted by atomic mass is 17.2. The van der Waals surface area contributed by atoms with E-state index in [0.29, 0.717) is 6.54 Å². The highest BCUT2D eigenvalue weighted by molar-refractivity contribution is 5.87. The molecule has 0 heterocycles. The number of hydrogen-bond donors (Lipinski definition) is 1. The van der Waals surface area contributed by atoms with Crippen LogP contribution in [0.4, 0.5) is 4.79 Å². The number of amides is 1. The minimum absolute atomic E-state index is 0.166. The van der Waals surface area contributed by atoms with E-state index < -0.39 is 12.1 Å². The number of hydrogen-bond acceptors (Lipinski definition) is 4. The third kappa shape index (κ3) is 4.32. The molecule has 0 rings (SSSR count). The van der Waals surface area contributed by atoms with Crippen molar-refractivity contribution < 1.29 is 19.4 Å². The lowest BCUT2D eigenvalue weighted by atomic mass is 10.4. The van der Waals surface area contributed by atoms with Crippen LogP contribution in [-0.4, -0.2) is 18.6 Å². The standard InChI is InChI=1S/C7H11NO4/c1-4-8-7(10)12-11-6(9)5(2)3/h2,4H2,1,3H3,(H,8,10). The molecule has 0 aliphatic heterocycles. The molecule has 0 saturated heterocycles. The van der Waals surface area contributed by atoms with Crippen LogP contribution in [-0.2, 0) is 14.6 Å². The zero-order chi connectivity index (χ0) is 9.56. The molecule has 0 bridgehead atoms. The molecule has 0 aromatic heterocycles. The van der Waals surface area contributed by atoms with Crippen LogP contribution in [0.5, 0.6) is 0 Å². The van der Waals surface area contributed by atoms with Gasteiger partial charge in [0.2, 0.25) is 0 Å². The summed E-state index contributed by atoms with van der Waals surface area (Å²) in [5, 5.41) is 2.27. The fourth-order valence-electron chi connectivity index (χ4n) is 0.321. The summed E-state index contributed by atoms with van der Waals surface area (Å²) in [5.74, 6) is -0.763. The molecular weight excluding hydrogens is 162 g/mol. The third-order valence-electron chi connectivity index (χ3n) is 0.863. The number of nitrogens with one attached hydrogen (secondary N) is 1. The van der Waals surface area contributed by atoms with Crippen molar-refractivity contribution in [3.05, 3.63) is 12.2 Å². The summed E-state index contributed by atoms with van der Waals surface area (Å²) in [6.45, 7) is 6.86. The molecule has 0 saturated carbocycles. The van der Waals surface area contributed by atoms with E-state index >= 15 is 0 Å². The van der Waals surface area contributed by atoms with Gasteiger partial charge in [-0.1, -0.05) is 6.58 Å². The Hall–Kier alpha value is -1.52. The Morgan fingerprint density at radius 2 is 2.00 bits per heavy atom. The average molecular weight is 173 g/mol. The summed E-state index contributed by atoms with van der Waals surface area (Å²) in [7, 11) is 0. The molecule has 1 N–H and O–H groups in total. The molecule has 12 heavy (non-hydrogen) atoms. The molecule has 0 spiro atoms. The third-order valence-corrected chi connectivity index (χ3v) is 0.863. The first-order chi connectivity index (χ1) is 5.57. The molecule has 0 fully saturated rings. The van der Waals surface area contributed by atoms with Crippen molar-refractivity contribution in [3.8, 4) is 0 Å². The summed E-state index contributed by atoms with van der Waals surface area (Å²) in [4.78, 5) is 29.3. The molecule has 0 aromatic rings. The fraction of sp³-hybridized carbons (Fsp3) is 0.429. The maximum Gasteiger partial charge on any atom is 0.450 e. The van der Waals surface area contributed by atoms with Crippen LogP contribution < -0.4 is 5.32 Å². The van der Waals surface area contributed by atoms with Crippen molar-refractivity contribution in [2.45, 2.75) is 13.8 Å². The van der Waals surface area contributed by atoms with E-state index in [1.165, 1.54) is 6.92 Å². The van der Waals surface area contributed by atoms with Crippen LogP contribution in [0.1, 0.15) is 13.8 Å². The first-order valence-electron chi connectivity index (χ1n) is 3.40. The molecule has 0 aliphatic carbocycles. The Balaban J connectivity index is 3.61. The predicted octanol–water partition coefficient (Wildman–Crippen LogP) is 0.767. The van der Waals surface area contributed by atoms with Gasteiger partial charge < -0.3 is 5.32 Å². The first kappa shape index (κ1) is 10.5. The van der Waals surface area contributed by atoms with Crippen molar-refractivity contribution in [3.63, 3.8) is 0 Å². The zero-order valence-corrected chi connectivity index (χ0v) is 7.05. The second-order valence-corrected chi connectivity index (χ2v) is 2.05. The smallest absolute Gasteiger partial charge is 0.319 e. The van der Waals surface area contributed by atoms with Crippen molar-refractivity contribution in [2.24, 2.45) is 0 Å². The monoisotopic (exact) mass is 173 g/mol. The SMILES string of the molecule is C=C(C)C(=O)OOC(=O)NCC. The molecule has 1 amide bonds. The lowest BCUT2D eigenvalue weighted by molar-refractivity contribution is -0.227. The van der Waals surface area contributed by atoms with Gasteiger partial charge in [0.05, 0.1) is 0 Å². The van der Waals surface area contributed by atoms with E-state index in [1.807, 2.05) is 0 Å². The van der Waals surface area contributed by atoms with Gasteiger partial charge >= 0.3 is 12.1 Å². The fourth-order valence-corrected chi connectivity index (χ4v) is 0.321. The minimum Gasteiger partial charge on any atom is -0.319 e. The highest BCUT2D eigenvalue weighted by Crippen LogP contribution is 1.92. The van der Waals surface area contributed by atoms with Gasteiger partial charge in [0.15, 0.2) is 0 Å². The summed E-state index contributed by atoms with van der Waals surface area (Å²) >= 11 is 0. The quantitative estimate of drug-likeness (QED) is 0.380. The van der Waals surface area contributed by atoms with Gasteiger partial charge in [-0.2, -0.15) is 0 Å². The van der Waals surface area contributed by atoms with E-state index in [2.05, 4.69) is 21.7 Å². The highest BCUT2D eigenvalue weighted by Gasteiger charge is 2.08. The average Bonchev–Trinajstić information content (AvgIpc) is 2.00. The molecular formula is C7H11NO4. The van der Waals surface area contributed by atoms with Gasteiger partial charge in [0.25, 0.3) is 0 Å². The van der Waals surface area contributed by atoms with Crippen molar-refractivity contribution in [1.82, 2.24) is 5.32 Å². The van der Waals surface area contributed by atoms with Gasteiger partial charge in [-0.15, -0.1) is 0 Å². The Bertz CT molecular complexity index is 200. The van der Waals surface area contributed by atoms with Gasteiger partial charge in [-0.3, -0.25) is 0 Å². The Morgan fingerprint density at radius 1 is 1.42 bits per heavy atom. The number of carbonyl (C=O) groups excluding carboxylic acids is 2. The summed E-state index contributed by atoms with van der Waals surface area (Å²) < 4.78 is 0. The van der Waals surface area contributed by atoms with Crippen LogP contribution in [0.3, 0.4) is 0 Å². The van der Waals surface area contributed by atoms with Gasteiger partial charge in [0, 0.05) is 12.1 Å². The topological polar surface area (TPSA) is 64.6 Å². The molecule has 0 aliphatic rings. The van der Waals surface area contributed by atoms with Crippen molar-refractivity contribution >= 4 is 12.1 Å². The van der Waals surface area contributed by atoms with Crippen LogP contribution in [0.15, 0.2) is 12.2 Å². The second kappa shape index (κ2) is 5.17. The normalized spacial score (nSPS) is 8.50. The Morgan fingerprint density at radius 3 is 2.42 bits per heavy atom. The first-order valence-corrected chi connectivity index (χ1v) is 3.40. The summed E-state index contributed by atoms with van der Waals surface area (Å²) in [6.07, 6.45) is -0.799. The minimum atomic E-state index is -0.799. The molecule has 0 unspecified atom stereocenters. The number of rotatable bonds is 2. The molecule has 68 valence electrons. The summed E-state index contributed by atoms with van der Waals surface area (Å²) in [6, 6.07) is 0. The Labute approximate surface area is 70.3 Å². The largest absolute Gasteiger partial charge is 0.450 e. The molecule has 5 nitrogen and oxygen atoms in total.